The number of para-hydroxylation sites is 4. The first-order valence-corrected chi connectivity index (χ1v) is 16.6. The lowest BCUT2D eigenvalue weighted by atomic mass is 10.2. The van der Waals surface area contributed by atoms with Crippen molar-refractivity contribution < 1.29 is 56.3 Å². The Labute approximate surface area is 297 Å². The lowest BCUT2D eigenvalue weighted by Gasteiger charge is -2.13. The molecule has 5 aromatic rings. The number of esters is 2. The summed E-state index contributed by atoms with van der Waals surface area (Å²) >= 11 is 0. The normalized spacial score (nSPS) is 11.1. The first-order valence-electron chi connectivity index (χ1n) is 16.6. The number of rotatable bonds is 22. The van der Waals surface area contributed by atoms with E-state index in [-0.39, 0.29) is 75.2 Å². The van der Waals surface area contributed by atoms with Crippen LogP contribution in [-0.2, 0) is 28.4 Å². The fourth-order valence-electron chi connectivity index (χ4n) is 4.69. The topological polar surface area (TPSA) is 168 Å². The minimum Gasteiger partial charge on any atom is -0.487 e. The van der Waals surface area contributed by atoms with Crippen molar-refractivity contribution in [3.8, 4) is 11.5 Å². The van der Waals surface area contributed by atoms with Crippen LogP contribution in [0.4, 0.5) is 0 Å². The van der Waals surface area contributed by atoms with Gasteiger partial charge < -0.3 is 46.7 Å². The molecule has 0 atom stereocenters. The summed E-state index contributed by atoms with van der Waals surface area (Å²) in [6.45, 7) is 2.68. The van der Waals surface area contributed by atoms with Gasteiger partial charge in [-0.3, -0.25) is 9.59 Å². The summed E-state index contributed by atoms with van der Waals surface area (Å²) in [6.07, 6.45) is 0. The molecule has 0 saturated carbocycles. The van der Waals surface area contributed by atoms with E-state index >= 15 is 0 Å². The number of fused-ring (bicyclic) bond motifs is 2. The van der Waals surface area contributed by atoms with Gasteiger partial charge in [0.25, 0.3) is 0 Å². The van der Waals surface area contributed by atoms with Crippen molar-refractivity contribution in [2.24, 2.45) is 0 Å². The summed E-state index contributed by atoms with van der Waals surface area (Å²) in [5.74, 6) is -0.688. The molecule has 0 amide bonds. The van der Waals surface area contributed by atoms with Gasteiger partial charge in [-0.25, -0.2) is 9.59 Å². The molecule has 0 N–H and O–H groups in total. The molecule has 5 rings (SSSR count). The minimum atomic E-state index is -0.742. The van der Waals surface area contributed by atoms with Crippen molar-refractivity contribution in [1.29, 1.82) is 0 Å². The van der Waals surface area contributed by atoms with Crippen LogP contribution in [0.2, 0.25) is 0 Å². The Hall–Kier alpha value is -5.54. The Balaban J connectivity index is 0.846. The van der Waals surface area contributed by atoms with Crippen LogP contribution in [0.3, 0.4) is 0 Å². The third-order valence-corrected chi connectivity index (χ3v) is 7.16. The summed E-state index contributed by atoms with van der Waals surface area (Å²) in [6, 6.07) is 22.8. The molecule has 0 aliphatic heterocycles. The zero-order valence-electron chi connectivity index (χ0n) is 28.3. The maximum absolute atomic E-state index is 12.2. The molecule has 0 saturated heterocycles. The van der Waals surface area contributed by atoms with Gasteiger partial charge >= 0.3 is 11.9 Å². The zero-order chi connectivity index (χ0) is 36.4. The van der Waals surface area contributed by atoms with Gasteiger partial charge in [0.2, 0.25) is 11.5 Å². The van der Waals surface area contributed by atoms with Crippen molar-refractivity contribution >= 4 is 33.9 Å². The van der Waals surface area contributed by atoms with Gasteiger partial charge in [0, 0.05) is 12.1 Å². The van der Waals surface area contributed by atoms with Gasteiger partial charge in [-0.2, -0.15) is 0 Å². The van der Waals surface area contributed by atoms with E-state index in [1.807, 2.05) is 12.1 Å². The van der Waals surface area contributed by atoms with Crippen LogP contribution in [0.15, 0.2) is 103 Å². The highest BCUT2D eigenvalue weighted by Gasteiger charge is 2.15. The van der Waals surface area contributed by atoms with E-state index in [0.717, 1.165) is 12.1 Å². The monoisotopic (exact) mass is 718 g/mol. The molecule has 0 radical (unpaired) electrons. The van der Waals surface area contributed by atoms with Gasteiger partial charge in [-0.1, -0.05) is 36.4 Å². The molecule has 0 aliphatic carbocycles. The molecule has 0 spiro atoms. The van der Waals surface area contributed by atoms with E-state index in [9.17, 15) is 19.2 Å². The number of carbonyl (C=O) groups excluding carboxylic acids is 2. The van der Waals surface area contributed by atoms with Crippen LogP contribution in [0.5, 0.6) is 11.5 Å². The first kappa shape index (κ1) is 37.7. The van der Waals surface area contributed by atoms with E-state index in [1.54, 1.807) is 60.7 Å². The highest BCUT2D eigenvalue weighted by Crippen LogP contribution is 2.26. The van der Waals surface area contributed by atoms with Crippen LogP contribution in [0.25, 0.3) is 21.9 Å². The highest BCUT2D eigenvalue weighted by atomic mass is 16.6. The number of hydrogen-bond acceptors (Lipinski definition) is 14. The molecule has 2 heterocycles. The average molecular weight is 719 g/mol. The molecule has 52 heavy (non-hydrogen) atoms. The van der Waals surface area contributed by atoms with Gasteiger partial charge in [-0.05, 0) is 36.4 Å². The molecule has 0 aliphatic rings. The van der Waals surface area contributed by atoms with Crippen molar-refractivity contribution in [3.05, 3.63) is 117 Å². The zero-order valence-corrected chi connectivity index (χ0v) is 28.3. The van der Waals surface area contributed by atoms with E-state index < -0.39 is 11.9 Å². The van der Waals surface area contributed by atoms with Crippen molar-refractivity contribution in [3.63, 3.8) is 0 Å². The number of benzene rings is 3. The Morgan fingerprint density at radius 2 is 0.788 bits per heavy atom. The molecule has 274 valence electrons. The molecular formula is C38H38O14. The molecule has 2 aromatic heterocycles. The highest BCUT2D eigenvalue weighted by molar-refractivity contribution is 5.89. The Morgan fingerprint density at radius 3 is 1.21 bits per heavy atom. The molecular weight excluding hydrogens is 680 g/mol. The second-order valence-corrected chi connectivity index (χ2v) is 10.8. The molecule has 0 fully saturated rings. The largest absolute Gasteiger partial charge is 0.487 e. The third-order valence-electron chi connectivity index (χ3n) is 7.16. The standard InChI is InChI=1S/C38H38O14/c39-29-25-35(51-31-9-3-1-7-27(29)31)37(41)49-23-19-45-15-13-43-17-21-47-33-11-5-6-12-34(33)48-22-18-44-14-16-46-20-24-50-38(42)36-26-30(40)28-8-2-4-10-32(28)52-36/h1-12,25-26H,13-24H2. The number of hydrogen-bond donors (Lipinski definition) is 0. The summed E-state index contributed by atoms with van der Waals surface area (Å²) in [4.78, 5) is 48.7. The summed E-state index contributed by atoms with van der Waals surface area (Å²) < 4.78 is 54.7. The second-order valence-electron chi connectivity index (χ2n) is 10.8. The predicted molar refractivity (Wildman–Crippen MR) is 186 cm³/mol. The lowest BCUT2D eigenvalue weighted by Crippen LogP contribution is -2.16. The van der Waals surface area contributed by atoms with Crippen LogP contribution in [0.1, 0.15) is 21.1 Å². The molecule has 14 nitrogen and oxygen atoms in total. The van der Waals surface area contributed by atoms with E-state index in [0.29, 0.717) is 59.9 Å². The quantitative estimate of drug-likeness (QED) is 0.0727. The Kier molecular flexibility index (Phi) is 14.8. The second kappa shape index (κ2) is 20.3. The SMILES string of the molecule is O=C(OCCOCCOCCOc1ccccc1OCCOCCOCCOC(=O)c1cc(=O)c2ccccc2o1)c1cc(=O)c2ccccc2o1. The third kappa shape index (κ3) is 11.5. The maximum Gasteiger partial charge on any atom is 0.374 e. The lowest BCUT2D eigenvalue weighted by molar-refractivity contribution is 0.00778. The molecule has 3 aromatic carbocycles. The van der Waals surface area contributed by atoms with Gasteiger partial charge in [0.05, 0.1) is 63.6 Å². The van der Waals surface area contributed by atoms with Crippen LogP contribution < -0.4 is 20.3 Å². The number of ether oxygens (including phenoxy) is 8. The van der Waals surface area contributed by atoms with Crippen molar-refractivity contribution in [1.82, 2.24) is 0 Å². The predicted octanol–water partition coefficient (Wildman–Crippen LogP) is 4.44. The molecule has 0 bridgehead atoms. The van der Waals surface area contributed by atoms with Crippen molar-refractivity contribution in [2.45, 2.75) is 0 Å². The first-order chi connectivity index (χ1) is 25.5. The molecule has 0 unspecified atom stereocenters. The van der Waals surface area contributed by atoms with Gasteiger partial charge in [0.15, 0.2) is 22.4 Å². The van der Waals surface area contributed by atoms with E-state index in [4.69, 9.17) is 46.7 Å². The van der Waals surface area contributed by atoms with E-state index in [2.05, 4.69) is 0 Å². The fourth-order valence-corrected chi connectivity index (χ4v) is 4.69. The Bertz CT molecular complexity index is 1870. The van der Waals surface area contributed by atoms with Gasteiger partial charge in [-0.15, -0.1) is 0 Å². The smallest absolute Gasteiger partial charge is 0.374 e. The summed E-state index contributed by atoms with van der Waals surface area (Å²) in [5, 5.41) is 0.781. The Morgan fingerprint density at radius 1 is 0.442 bits per heavy atom. The van der Waals surface area contributed by atoms with Crippen LogP contribution in [0, 0.1) is 0 Å². The van der Waals surface area contributed by atoms with Gasteiger partial charge in [0.1, 0.15) is 37.6 Å². The minimum absolute atomic E-state index is 0.00969. The maximum atomic E-state index is 12.2. The van der Waals surface area contributed by atoms with E-state index in [1.165, 1.54) is 0 Å². The van der Waals surface area contributed by atoms with Crippen LogP contribution >= 0.6 is 0 Å². The summed E-state index contributed by atoms with van der Waals surface area (Å²) in [5.41, 5.74) is -0.00795. The average Bonchev–Trinajstić information content (AvgIpc) is 3.16. The van der Waals surface area contributed by atoms with Crippen LogP contribution in [-0.4, -0.2) is 91.2 Å². The number of carbonyl (C=O) groups is 2. The summed E-state index contributed by atoms with van der Waals surface area (Å²) in [7, 11) is 0. The van der Waals surface area contributed by atoms with Crippen molar-refractivity contribution in [2.75, 3.05) is 79.3 Å². The molecule has 14 heteroatoms. The fraction of sp³-hybridized carbons (Fsp3) is 0.316.